The van der Waals surface area contributed by atoms with Gasteiger partial charge in [0.2, 0.25) is 0 Å². The zero-order valence-corrected chi connectivity index (χ0v) is 12.0. The number of rotatable bonds is 5. The third-order valence-electron chi connectivity index (χ3n) is 3.41. The van der Waals surface area contributed by atoms with Crippen LogP contribution in [0.1, 0.15) is 18.6 Å². The first-order chi connectivity index (χ1) is 10.3. The fourth-order valence-corrected chi connectivity index (χ4v) is 2.35. The van der Waals surface area contributed by atoms with Crippen LogP contribution in [0.2, 0.25) is 0 Å². The van der Waals surface area contributed by atoms with E-state index in [4.69, 9.17) is 10.6 Å². The number of hydrazine groups is 1. The van der Waals surface area contributed by atoms with Gasteiger partial charge in [0.1, 0.15) is 24.1 Å². The van der Waals surface area contributed by atoms with Crippen LogP contribution < -0.4 is 16.2 Å². The van der Waals surface area contributed by atoms with Crippen molar-refractivity contribution < 1.29 is 4.74 Å². The minimum atomic E-state index is 0.376. The predicted molar refractivity (Wildman–Crippen MR) is 78.4 cm³/mol. The maximum Gasteiger partial charge on any atom is 0.158 e. The molecule has 8 nitrogen and oxygen atoms in total. The Morgan fingerprint density at radius 3 is 3.10 bits per heavy atom. The molecule has 0 bridgehead atoms. The van der Waals surface area contributed by atoms with Crippen molar-refractivity contribution >= 4 is 11.6 Å². The van der Waals surface area contributed by atoms with Crippen molar-refractivity contribution in [3.05, 3.63) is 30.1 Å². The molecule has 0 atom stereocenters. The van der Waals surface area contributed by atoms with Crippen LogP contribution in [0, 0.1) is 0 Å². The highest BCUT2D eigenvalue weighted by Gasteiger charge is 2.19. The third kappa shape index (κ3) is 2.96. The molecule has 112 valence electrons. The summed E-state index contributed by atoms with van der Waals surface area (Å²) in [6.45, 7) is 5.43. The number of nitrogens with zero attached hydrogens (tertiary/aromatic N) is 5. The quantitative estimate of drug-likeness (QED) is 0.612. The van der Waals surface area contributed by atoms with Crippen LogP contribution in [-0.2, 0) is 24.4 Å². The van der Waals surface area contributed by atoms with E-state index in [1.54, 1.807) is 0 Å². The van der Waals surface area contributed by atoms with E-state index in [9.17, 15) is 0 Å². The maximum atomic E-state index is 5.49. The molecule has 2 aromatic heterocycles. The Balaban J connectivity index is 1.84. The molecule has 0 fully saturated rings. The molecule has 0 spiro atoms. The first kappa shape index (κ1) is 13.8. The number of hydrogen-bond acceptors (Lipinski definition) is 7. The highest BCUT2D eigenvalue weighted by atomic mass is 16.5. The van der Waals surface area contributed by atoms with Crippen molar-refractivity contribution in [3.63, 3.8) is 0 Å². The minimum Gasteiger partial charge on any atom is -0.374 e. The highest BCUT2D eigenvalue weighted by Crippen LogP contribution is 2.20. The van der Waals surface area contributed by atoms with Gasteiger partial charge in [-0.05, 0) is 6.92 Å². The number of nitrogens with two attached hydrogens (primary N) is 1. The van der Waals surface area contributed by atoms with Crippen LogP contribution in [0.5, 0.6) is 0 Å². The van der Waals surface area contributed by atoms with Crippen molar-refractivity contribution in [3.8, 4) is 0 Å². The van der Waals surface area contributed by atoms with Gasteiger partial charge in [-0.3, -0.25) is 0 Å². The standard InChI is InChI=1S/C13H19N7O/c1-2-21-9-11-16-10(18-14)7-12(17-11)20-6-5-19-4-3-15-13(19)8-20/h3-4,7H,2,5-6,8-9,14H2,1H3,(H,16,17,18). The van der Waals surface area contributed by atoms with E-state index < -0.39 is 0 Å². The van der Waals surface area contributed by atoms with E-state index in [1.807, 2.05) is 25.4 Å². The topological polar surface area (TPSA) is 94.1 Å². The SMILES string of the molecule is CCOCc1nc(NN)cc(N2CCn3ccnc3C2)n1. The van der Waals surface area contributed by atoms with E-state index in [1.165, 1.54) is 0 Å². The number of nitrogen functional groups attached to an aromatic ring is 1. The molecule has 0 aliphatic carbocycles. The van der Waals surface area contributed by atoms with Crippen molar-refractivity contribution in [1.29, 1.82) is 0 Å². The van der Waals surface area contributed by atoms with Crippen LogP contribution in [-0.4, -0.2) is 32.7 Å². The van der Waals surface area contributed by atoms with Gasteiger partial charge in [-0.25, -0.2) is 20.8 Å². The lowest BCUT2D eigenvalue weighted by molar-refractivity contribution is 0.128. The van der Waals surface area contributed by atoms with Gasteiger partial charge in [-0.2, -0.15) is 0 Å². The number of anilines is 2. The summed E-state index contributed by atoms with van der Waals surface area (Å²) >= 11 is 0. The lowest BCUT2D eigenvalue weighted by Crippen LogP contribution is -2.34. The van der Waals surface area contributed by atoms with Gasteiger partial charge in [-0.15, -0.1) is 0 Å². The fourth-order valence-electron chi connectivity index (χ4n) is 2.35. The summed E-state index contributed by atoms with van der Waals surface area (Å²) in [5, 5.41) is 0. The van der Waals surface area contributed by atoms with Crippen molar-refractivity contribution in [2.24, 2.45) is 5.84 Å². The van der Waals surface area contributed by atoms with Crippen LogP contribution in [0.3, 0.4) is 0 Å². The molecular weight excluding hydrogens is 270 g/mol. The molecule has 3 heterocycles. The van der Waals surface area contributed by atoms with Gasteiger partial charge >= 0.3 is 0 Å². The molecule has 1 aliphatic rings. The van der Waals surface area contributed by atoms with E-state index >= 15 is 0 Å². The first-order valence-corrected chi connectivity index (χ1v) is 6.97. The molecule has 0 amide bonds. The molecule has 0 aromatic carbocycles. The summed E-state index contributed by atoms with van der Waals surface area (Å²) in [5.41, 5.74) is 2.58. The number of nitrogens with one attached hydrogen (secondary N) is 1. The Morgan fingerprint density at radius 2 is 2.29 bits per heavy atom. The number of fused-ring (bicyclic) bond motifs is 1. The van der Waals surface area contributed by atoms with Crippen molar-refractivity contribution in [2.75, 3.05) is 23.5 Å². The normalized spacial score (nSPS) is 14.1. The second-order valence-electron chi connectivity index (χ2n) is 4.77. The molecule has 1 aliphatic heterocycles. The molecule has 3 rings (SSSR count). The number of hydrogen-bond donors (Lipinski definition) is 2. The molecule has 3 N–H and O–H groups in total. The number of imidazole rings is 1. The summed E-state index contributed by atoms with van der Waals surface area (Å²) in [6, 6.07) is 1.84. The monoisotopic (exact) mass is 289 g/mol. The van der Waals surface area contributed by atoms with Gasteiger partial charge in [-0.1, -0.05) is 0 Å². The predicted octanol–water partition coefficient (Wildman–Crippen LogP) is 0.515. The Labute approximate surface area is 122 Å². The molecule has 21 heavy (non-hydrogen) atoms. The van der Waals surface area contributed by atoms with Crippen LogP contribution in [0.4, 0.5) is 11.6 Å². The van der Waals surface area contributed by atoms with Gasteiger partial charge < -0.3 is 19.6 Å². The Morgan fingerprint density at radius 1 is 1.38 bits per heavy atom. The lowest BCUT2D eigenvalue weighted by atomic mass is 10.3. The zero-order valence-electron chi connectivity index (χ0n) is 12.0. The molecule has 0 radical (unpaired) electrons. The Kier molecular flexibility index (Phi) is 3.98. The molecule has 8 heteroatoms. The van der Waals surface area contributed by atoms with E-state index in [0.29, 0.717) is 24.9 Å². The van der Waals surface area contributed by atoms with Crippen LogP contribution in [0.25, 0.3) is 0 Å². The second-order valence-corrected chi connectivity index (χ2v) is 4.77. The molecule has 0 saturated carbocycles. The number of aromatic nitrogens is 4. The van der Waals surface area contributed by atoms with Crippen LogP contribution in [0.15, 0.2) is 18.5 Å². The Hall–Kier alpha value is -2.19. The summed E-state index contributed by atoms with van der Waals surface area (Å²) in [7, 11) is 0. The average Bonchev–Trinajstić information content (AvgIpc) is 3.00. The highest BCUT2D eigenvalue weighted by molar-refractivity contribution is 5.49. The largest absolute Gasteiger partial charge is 0.374 e. The van der Waals surface area contributed by atoms with Gasteiger partial charge in [0.25, 0.3) is 0 Å². The summed E-state index contributed by atoms with van der Waals surface area (Å²) in [4.78, 5) is 15.4. The van der Waals surface area contributed by atoms with E-state index in [0.717, 1.165) is 31.3 Å². The van der Waals surface area contributed by atoms with Crippen molar-refractivity contribution in [1.82, 2.24) is 19.5 Å². The first-order valence-electron chi connectivity index (χ1n) is 6.97. The third-order valence-corrected chi connectivity index (χ3v) is 3.41. The lowest BCUT2D eigenvalue weighted by Gasteiger charge is -2.29. The summed E-state index contributed by atoms with van der Waals surface area (Å²) in [6.07, 6.45) is 3.83. The molecule has 0 unspecified atom stereocenters. The molecule has 0 saturated heterocycles. The number of ether oxygens (including phenoxy) is 1. The zero-order chi connectivity index (χ0) is 14.7. The van der Waals surface area contributed by atoms with Crippen molar-refractivity contribution in [2.45, 2.75) is 26.6 Å². The smallest absolute Gasteiger partial charge is 0.158 e. The second kappa shape index (κ2) is 6.06. The molecule has 2 aromatic rings. The van der Waals surface area contributed by atoms with Gasteiger partial charge in [0.15, 0.2) is 5.82 Å². The minimum absolute atomic E-state index is 0.376. The fraction of sp³-hybridized carbons (Fsp3) is 0.462. The maximum absolute atomic E-state index is 5.49. The van der Waals surface area contributed by atoms with Gasteiger partial charge in [0, 0.05) is 38.2 Å². The Bertz CT molecular complexity index is 612. The summed E-state index contributed by atoms with van der Waals surface area (Å²) < 4.78 is 7.53. The average molecular weight is 289 g/mol. The van der Waals surface area contributed by atoms with E-state index in [2.05, 4.69) is 29.8 Å². The van der Waals surface area contributed by atoms with Crippen LogP contribution >= 0.6 is 0 Å². The molecular formula is C13H19N7O. The summed E-state index contributed by atoms with van der Waals surface area (Å²) in [5.74, 6) is 8.57. The van der Waals surface area contributed by atoms with Gasteiger partial charge in [0.05, 0.1) is 6.54 Å². The van der Waals surface area contributed by atoms with E-state index in [-0.39, 0.29) is 0 Å².